The van der Waals surface area contributed by atoms with E-state index in [1.807, 2.05) is 12.1 Å². The number of halogens is 1. The summed E-state index contributed by atoms with van der Waals surface area (Å²) >= 11 is 5.94. The van der Waals surface area contributed by atoms with Crippen molar-refractivity contribution in [3.05, 3.63) is 29.0 Å². The monoisotopic (exact) mass is 212 g/mol. The van der Waals surface area contributed by atoms with Crippen LogP contribution in [0.25, 0.3) is 0 Å². The van der Waals surface area contributed by atoms with E-state index in [0.717, 1.165) is 18.4 Å². The van der Waals surface area contributed by atoms with Crippen LogP contribution in [0.5, 0.6) is 0 Å². The van der Waals surface area contributed by atoms with Crippen molar-refractivity contribution in [2.75, 3.05) is 0 Å². The van der Waals surface area contributed by atoms with Crippen LogP contribution in [0.4, 0.5) is 0 Å². The molecule has 0 saturated carbocycles. The van der Waals surface area contributed by atoms with Gasteiger partial charge in [0.05, 0.1) is 0 Å². The molecule has 2 nitrogen and oxygen atoms in total. The van der Waals surface area contributed by atoms with E-state index < -0.39 is 0 Å². The first-order valence-corrected chi connectivity index (χ1v) is 5.35. The molecule has 0 aromatic carbocycles. The van der Waals surface area contributed by atoms with Gasteiger partial charge in [0.2, 0.25) is 0 Å². The van der Waals surface area contributed by atoms with Crippen LogP contribution in [0.15, 0.2) is 18.3 Å². The summed E-state index contributed by atoms with van der Waals surface area (Å²) in [7, 11) is 0. The summed E-state index contributed by atoms with van der Waals surface area (Å²) < 4.78 is 0. The highest BCUT2D eigenvalue weighted by molar-refractivity contribution is 6.30. The molecule has 0 amide bonds. The van der Waals surface area contributed by atoms with Crippen molar-refractivity contribution in [3.63, 3.8) is 0 Å². The topological polar surface area (TPSA) is 38.9 Å². The molecule has 1 aromatic rings. The summed E-state index contributed by atoms with van der Waals surface area (Å²) in [5.74, 6) is 0.677. The summed E-state index contributed by atoms with van der Waals surface area (Å²) in [5.41, 5.74) is 6.97. The Balaban J connectivity index is 2.60. The van der Waals surface area contributed by atoms with Crippen molar-refractivity contribution >= 4 is 11.6 Å². The van der Waals surface area contributed by atoms with Gasteiger partial charge in [0.25, 0.3) is 0 Å². The lowest BCUT2D eigenvalue weighted by molar-refractivity contribution is 0.506. The summed E-state index contributed by atoms with van der Waals surface area (Å²) in [6, 6.07) is 3.83. The molecule has 0 radical (unpaired) electrons. The molecule has 14 heavy (non-hydrogen) atoms. The fourth-order valence-corrected chi connectivity index (χ4v) is 1.60. The van der Waals surface area contributed by atoms with E-state index in [9.17, 15) is 0 Å². The van der Waals surface area contributed by atoms with Gasteiger partial charge in [-0.05, 0) is 24.8 Å². The molecule has 0 aliphatic rings. The lowest BCUT2D eigenvalue weighted by atomic mass is 9.99. The van der Waals surface area contributed by atoms with Gasteiger partial charge in [0.1, 0.15) is 5.15 Å². The highest BCUT2D eigenvalue weighted by atomic mass is 35.5. The van der Waals surface area contributed by atoms with Gasteiger partial charge in [0, 0.05) is 17.8 Å². The highest BCUT2D eigenvalue weighted by Gasteiger charge is 2.10. The normalized spacial score (nSPS) is 13.2. The number of nitrogens with two attached hydrogens (primary N) is 1. The molecule has 2 N–H and O–H groups in total. The number of nitrogens with zero attached hydrogens (tertiary/aromatic N) is 1. The van der Waals surface area contributed by atoms with Crippen molar-refractivity contribution in [3.8, 4) is 0 Å². The number of hydrogen-bond donors (Lipinski definition) is 1. The Kier molecular flexibility index (Phi) is 4.36. The van der Waals surface area contributed by atoms with Crippen LogP contribution < -0.4 is 5.73 Å². The minimum Gasteiger partial charge on any atom is -0.324 e. The van der Waals surface area contributed by atoms with Gasteiger partial charge in [-0.15, -0.1) is 0 Å². The van der Waals surface area contributed by atoms with Gasteiger partial charge in [0.15, 0.2) is 0 Å². The number of rotatable bonds is 4. The molecule has 0 saturated heterocycles. The molecule has 1 aromatic heterocycles. The SMILES string of the molecule is CC(C)CC[C@H](N)c1cccnc1Cl. The molecule has 0 aliphatic carbocycles. The third-order valence-electron chi connectivity index (χ3n) is 2.24. The standard InChI is InChI=1S/C11H17ClN2/c1-8(2)5-6-10(13)9-4-3-7-14-11(9)12/h3-4,7-8,10H,5-6,13H2,1-2H3/t10-/m0/s1. The molecule has 1 atom stereocenters. The Labute approximate surface area is 90.5 Å². The predicted molar refractivity (Wildman–Crippen MR) is 60.2 cm³/mol. The van der Waals surface area contributed by atoms with E-state index in [1.165, 1.54) is 0 Å². The van der Waals surface area contributed by atoms with Crippen LogP contribution in [0.3, 0.4) is 0 Å². The number of hydrogen-bond acceptors (Lipinski definition) is 2. The number of aromatic nitrogens is 1. The molecule has 0 fully saturated rings. The summed E-state index contributed by atoms with van der Waals surface area (Å²) in [6.07, 6.45) is 3.76. The predicted octanol–water partition coefficient (Wildman–Crippen LogP) is 3.17. The smallest absolute Gasteiger partial charge is 0.133 e. The highest BCUT2D eigenvalue weighted by Crippen LogP contribution is 2.23. The zero-order chi connectivity index (χ0) is 10.6. The van der Waals surface area contributed by atoms with Gasteiger partial charge >= 0.3 is 0 Å². The minimum absolute atomic E-state index is 0.0126. The van der Waals surface area contributed by atoms with E-state index >= 15 is 0 Å². The lowest BCUT2D eigenvalue weighted by Crippen LogP contribution is -2.12. The van der Waals surface area contributed by atoms with Gasteiger partial charge in [-0.25, -0.2) is 4.98 Å². The fourth-order valence-electron chi connectivity index (χ4n) is 1.34. The van der Waals surface area contributed by atoms with Crippen LogP contribution in [-0.2, 0) is 0 Å². The molecule has 78 valence electrons. The second-order valence-electron chi connectivity index (χ2n) is 3.96. The Bertz CT molecular complexity index is 286. The Morgan fingerprint density at radius 2 is 2.14 bits per heavy atom. The van der Waals surface area contributed by atoms with Crippen LogP contribution in [-0.4, -0.2) is 4.98 Å². The second-order valence-corrected chi connectivity index (χ2v) is 4.32. The van der Waals surface area contributed by atoms with Crippen molar-refractivity contribution in [2.45, 2.75) is 32.7 Å². The van der Waals surface area contributed by atoms with Crippen molar-refractivity contribution in [1.82, 2.24) is 4.98 Å². The first-order valence-electron chi connectivity index (χ1n) is 4.97. The van der Waals surface area contributed by atoms with Gasteiger partial charge in [-0.1, -0.05) is 31.5 Å². The Morgan fingerprint density at radius 3 is 2.71 bits per heavy atom. The maximum atomic E-state index is 6.02. The molecule has 1 heterocycles. The molecule has 3 heteroatoms. The summed E-state index contributed by atoms with van der Waals surface area (Å²) in [6.45, 7) is 4.38. The van der Waals surface area contributed by atoms with Crippen molar-refractivity contribution in [2.24, 2.45) is 11.7 Å². The maximum absolute atomic E-state index is 6.02. The van der Waals surface area contributed by atoms with Crippen LogP contribution in [0, 0.1) is 5.92 Å². The van der Waals surface area contributed by atoms with Gasteiger partial charge in [-0.2, -0.15) is 0 Å². The average Bonchev–Trinajstić information content (AvgIpc) is 2.15. The van der Waals surface area contributed by atoms with Crippen LogP contribution in [0.1, 0.15) is 38.3 Å². The zero-order valence-electron chi connectivity index (χ0n) is 8.70. The fraction of sp³-hybridized carbons (Fsp3) is 0.545. The van der Waals surface area contributed by atoms with Crippen LogP contribution >= 0.6 is 11.6 Å². The second kappa shape index (κ2) is 5.32. The molecule has 0 unspecified atom stereocenters. The lowest BCUT2D eigenvalue weighted by Gasteiger charge is -2.13. The number of pyridine rings is 1. The van der Waals surface area contributed by atoms with E-state index in [0.29, 0.717) is 11.1 Å². The molecular formula is C11H17ClN2. The third kappa shape index (κ3) is 3.28. The molecule has 0 spiro atoms. The molecule has 0 bridgehead atoms. The molecule has 0 aliphatic heterocycles. The van der Waals surface area contributed by atoms with Gasteiger partial charge in [-0.3, -0.25) is 0 Å². The van der Waals surface area contributed by atoms with E-state index in [-0.39, 0.29) is 6.04 Å². The largest absolute Gasteiger partial charge is 0.324 e. The Hall–Kier alpha value is -0.600. The van der Waals surface area contributed by atoms with Gasteiger partial charge < -0.3 is 5.73 Å². The van der Waals surface area contributed by atoms with Crippen molar-refractivity contribution in [1.29, 1.82) is 0 Å². The maximum Gasteiger partial charge on any atom is 0.133 e. The quantitative estimate of drug-likeness (QED) is 0.779. The zero-order valence-corrected chi connectivity index (χ0v) is 9.46. The summed E-state index contributed by atoms with van der Waals surface area (Å²) in [4.78, 5) is 4.01. The van der Waals surface area contributed by atoms with E-state index in [1.54, 1.807) is 6.20 Å². The van der Waals surface area contributed by atoms with E-state index in [4.69, 9.17) is 17.3 Å². The molecular weight excluding hydrogens is 196 g/mol. The van der Waals surface area contributed by atoms with Crippen molar-refractivity contribution < 1.29 is 0 Å². The van der Waals surface area contributed by atoms with E-state index in [2.05, 4.69) is 18.8 Å². The average molecular weight is 213 g/mol. The third-order valence-corrected chi connectivity index (χ3v) is 2.56. The first kappa shape index (κ1) is 11.5. The first-order chi connectivity index (χ1) is 6.61. The summed E-state index contributed by atoms with van der Waals surface area (Å²) in [5, 5.41) is 0.531. The molecule has 1 rings (SSSR count). The Morgan fingerprint density at radius 1 is 1.43 bits per heavy atom. The minimum atomic E-state index is 0.0126. The van der Waals surface area contributed by atoms with Crippen LogP contribution in [0.2, 0.25) is 5.15 Å².